The first kappa shape index (κ1) is 15.6. The molecule has 0 bridgehead atoms. The van der Waals surface area contributed by atoms with Gasteiger partial charge in [0.05, 0.1) is 0 Å². The van der Waals surface area contributed by atoms with Crippen LogP contribution in [0.4, 0.5) is 10.1 Å². The molecule has 2 rings (SSSR count). The maximum atomic E-state index is 13.8. The summed E-state index contributed by atoms with van der Waals surface area (Å²) >= 11 is 7.19. The molecule has 2 aromatic carbocycles. The van der Waals surface area contributed by atoms with E-state index in [9.17, 15) is 9.18 Å². The van der Waals surface area contributed by atoms with E-state index in [2.05, 4.69) is 0 Å². The standard InChI is InChI=1S/C14H13ClFN3OS/c15-10-2-4-13(12(17)6-10)21-7-9-5-8(14(20)19-18)1-3-11(9)16/h1-6H,7,17-18H2,(H,19,20). The second-order valence-electron chi connectivity index (χ2n) is 4.25. The minimum atomic E-state index is -0.466. The lowest BCUT2D eigenvalue weighted by Crippen LogP contribution is -2.30. The molecule has 0 aromatic heterocycles. The number of hydrogen-bond acceptors (Lipinski definition) is 4. The Hall–Kier alpha value is -1.76. The first-order valence-electron chi connectivity index (χ1n) is 5.98. The lowest BCUT2D eigenvalue weighted by molar-refractivity contribution is 0.0953. The number of rotatable bonds is 4. The molecule has 7 heteroatoms. The SMILES string of the molecule is NNC(=O)c1ccc(F)c(CSc2ccc(Cl)cc2N)c1. The zero-order valence-electron chi connectivity index (χ0n) is 10.9. The van der Waals surface area contributed by atoms with Crippen LogP contribution < -0.4 is 17.0 Å². The molecule has 0 spiro atoms. The van der Waals surface area contributed by atoms with E-state index in [0.717, 1.165) is 4.90 Å². The minimum absolute atomic E-state index is 0.304. The Labute approximate surface area is 130 Å². The number of nitrogen functional groups attached to an aromatic ring is 2. The highest BCUT2D eigenvalue weighted by atomic mass is 35.5. The van der Waals surface area contributed by atoms with E-state index >= 15 is 0 Å². The highest BCUT2D eigenvalue weighted by Gasteiger charge is 2.10. The van der Waals surface area contributed by atoms with Gasteiger partial charge in [0, 0.05) is 26.9 Å². The van der Waals surface area contributed by atoms with Crippen LogP contribution in [-0.2, 0) is 5.75 Å². The number of anilines is 1. The number of benzene rings is 2. The first-order valence-corrected chi connectivity index (χ1v) is 7.35. The van der Waals surface area contributed by atoms with Gasteiger partial charge in [-0.3, -0.25) is 10.2 Å². The van der Waals surface area contributed by atoms with E-state index in [4.69, 9.17) is 23.2 Å². The molecule has 21 heavy (non-hydrogen) atoms. The smallest absolute Gasteiger partial charge is 0.265 e. The van der Waals surface area contributed by atoms with Gasteiger partial charge in [0.25, 0.3) is 5.91 Å². The van der Waals surface area contributed by atoms with Gasteiger partial charge in [0.15, 0.2) is 0 Å². The summed E-state index contributed by atoms with van der Waals surface area (Å²) in [5.41, 5.74) is 9.09. The molecule has 0 atom stereocenters. The van der Waals surface area contributed by atoms with E-state index in [1.807, 2.05) is 5.43 Å². The number of nitrogens with one attached hydrogen (secondary N) is 1. The van der Waals surface area contributed by atoms with Crippen LogP contribution in [0.15, 0.2) is 41.3 Å². The number of amides is 1. The number of halogens is 2. The molecule has 0 saturated heterocycles. The predicted molar refractivity (Wildman–Crippen MR) is 83.5 cm³/mol. The lowest BCUT2D eigenvalue weighted by atomic mass is 10.1. The normalized spacial score (nSPS) is 10.4. The molecule has 0 aliphatic heterocycles. The van der Waals surface area contributed by atoms with Gasteiger partial charge in [-0.15, -0.1) is 11.8 Å². The van der Waals surface area contributed by atoms with Gasteiger partial charge in [-0.2, -0.15) is 0 Å². The fraction of sp³-hybridized carbons (Fsp3) is 0.0714. The summed E-state index contributed by atoms with van der Waals surface area (Å²) in [4.78, 5) is 12.2. The minimum Gasteiger partial charge on any atom is -0.398 e. The number of thioether (sulfide) groups is 1. The Morgan fingerprint density at radius 2 is 2.05 bits per heavy atom. The number of carbonyl (C=O) groups is 1. The van der Waals surface area contributed by atoms with Crippen LogP contribution in [0.3, 0.4) is 0 Å². The molecule has 0 radical (unpaired) electrons. The molecule has 1 amide bonds. The number of nitrogens with two attached hydrogens (primary N) is 2. The maximum absolute atomic E-state index is 13.8. The van der Waals surface area contributed by atoms with Crippen LogP contribution in [0, 0.1) is 5.82 Å². The van der Waals surface area contributed by atoms with Gasteiger partial charge in [-0.25, -0.2) is 10.2 Å². The van der Waals surface area contributed by atoms with Gasteiger partial charge >= 0.3 is 0 Å². The molecule has 2 aromatic rings. The van der Waals surface area contributed by atoms with Crippen molar-refractivity contribution in [1.82, 2.24) is 5.43 Å². The van der Waals surface area contributed by atoms with Crippen molar-refractivity contribution < 1.29 is 9.18 Å². The third kappa shape index (κ3) is 3.87. The molecule has 0 heterocycles. The Morgan fingerprint density at radius 1 is 1.29 bits per heavy atom. The molecule has 0 aliphatic carbocycles. The quantitative estimate of drug-likeness (QED) is 0.265. The van der Waals surface area contributed by atoms with Crippen molar-refractivity contribution in [3.63, 3.8) is 0 Å². The van der Waals surface area contributed by atoms with Gasteiger partial charge in [-0.05, 0) is 42.0 Å². The number of hydrogen-bond donors (Lipinski definition) is 3. The summed E-state index contributed by atoms with van der Waals surface area (Å²) in [5.74, 6) is 4.55. The molecule has 0 fully saturated rings. The highest BCUT2D eigenvalue weighted by molar-refractivity contribution is 7.98. The zero-order chi connectivity index (χ0) is 15.4. The van der Waals surface area contributed by atoms with Crippen LogP contribution in [0.1, 0.15) is 15.9 Å². The lowest BCUT2D eigenvalue weighted by Gasteiger charge is -2.08. The molecule has 0 unspecified atom stereocenters. The van der Waals surface area contributed by atoms with Crippen molar-refractivity contribution in [2.45, 2.75) is 10.6 Å². The largest absolute Gasteiger partial charge is 0.398 e. The van der Waals surface area contributed by atoms with Crippen LogP contribution in [0.5, 0.6) is 0 Å². The van der Waals surface area contributed by atoms with E-state index < -0.39 is 5.91 Å². The molecular weight excluding hydrogens is 313 g/mol. The fourth-order valence-electron chi connectivity index (χ4n) is 1.72. The maximum Gasteiger partial charge on any atom is 0.265 e. The first-order chi connectivity index (χ1) is 10.0. The Kier molecular flexibility index (Phi) is 5.06. The summed E-state index contributed by atoms with van der Waals surface area (Å²) in [6, 6.07) is 9.22. The average Bonchev–Trinajstić information content (AvgIpc) is 2.47. The summed E-state index contributed by atoms with van der Waals surface area (Å²) in [7, 11) is 0. The van der Waals surface area contributed by atoms with Crippen molar-refractivity contribution in [1.29, 1.82) is 0 Å². The van der Waals surface area contributed by atoms with Crippen molar-refractivity contribution in [3.05, 3.63) is 58.4 Å². The third-order valence-corrected chi connectivity index (χ3v) is 4.17. The highest BCUT2D eigenvalue weighted by Crippen LogP contribution is 2.31. The second-order valence-corrected chi connectivity index (χ2v) is 5.70. The van der Waals surface area contributed by atoms with Crippen molar-refractivity contribution in [2.75, 3.05) is 5.73 Å². The number of carbonyl (C=O) groups excluding carboxylic acids is 1. The molecule has 0 aliphatic rings. The van der Waals surface area contributed by atoms with Crippen molar-refractivity contribution in [3.8, 4) is 0 Å². The van der Waals surface area contributed by atoms with Gasteiger partial charge in [0.1, 0.15) is 5.82 Å². The Balaban J connectivity index is 2.17. The van der Waals surface area contributed by atoms with Crippen molar-refractivity contribution >= 4 is 35.0 Å². The topological polar surface area (TPSA) is 81.1 Å². The molecule has 110 valence electrons. The molecule has 0 saturated carbocycles. The fourth-order valence-corrected chi connectivity index (χ4v) is 2.82. The van der Waals surface area contributed by atoms with Gasteiger partial charge in [0.2, 0.25) is 0 Å². The average molecular weight is 326 g/mol. The summed E-state index contributed by atoms with van der Waals surface area (Å²) in [6.07, 6.45) is 0. The van der Waals surface area contributed by atoms with Gasteiger partial charge in [-0.1, -0.05) is 11.6 Å². The number of hydrazine groups is 1. The summed E-state index contributed by atoms with van der Waals surface area (Å²) in [6.45, 7) is 0. The van der Waals surface area contributed by atoms with Gasteiger partial charge < -0.3 is 5.73 Å². The van der Waals surface area contributed by atoms with Crippen LogP contribution in [0.25, 0.3) is 0 Å². The molecule has 4 nitrogen and oxygen atoms in total. The van der Waals surface area contributed by atoms with Crippen LogP contribution in [0.2, 0.25) is 5.02 Å². The molecule has 5 N–H and O–H groups in total. The van der Waals surface area contributed by atoms with Crippen LogP contribution >= 0.6 is 23.4 Å². The summed E-state index contributed by atoms with van der Waals surface area (Å²) < 4.78 is 13.8. The second kappa shape index (κ2) is 6.80. The monoisotopic (exact) mass is 325 g/mol. The van der Waals surface area contributed by atoms with E-state index in [1.54, 1.807) is 18.2 Å². The molecular formula is C14H13ClFN3OS. The van der Waals surface area contributed by atoms with Crippen molar-refractivity contribution in [2.24, 2.45) is 5.84 Å². The van der Waals surface area contributed by atoms with E-state index in [1.165, 1.54) is 30.0 Å². The zero-order valence-corrected chi connectivity index (χ0v) is 12.5. The third-order valence-electron chi connectivity index (χ3n) is 2.79. The predicted octanol–water partition coefficient (Wildman–Crippen LogP) is 2.96. The van der Waals surface area contributed by atoms with E-state index in [0.29, 0.717) is 27.6 Å². The Bertz CT molecular complexity index is 681. The van der Waals surface area contributed by atoms with E-state index in [-0.39, 0.29) is 5.82 Å². The van der Waals surface area contributed by atoms with Crippen LogP contribution in [-0.4, -0.2) is 5.91 Å². The summed E-state index contributed by atoms with van der Waals surface area (Å²) in [5, 5.41) is 0.546. The Morgan fingerprint density at radius 3 is 2.71 bits per heavy atom.